The number of carbonyl (C=O) groups excluding carboxylic acids is 3. The van der Waals surface area contributed by atoms with Gasteiger partial charge in [-0.15, -0.1) is 0 Å². The molecule has 2 saturated heterocycles. The van der Waals surface area contributed by atoms with Gasteiger partial charge < -0.3 is 49.9 Å². The number of nitriles is 1. The molecular weight excluding hydrogens is 1050 g/mol. The molecule has 77 heavy (non-hydrogen) atoms. The number of aliphatic hydroxyl groups is 1. The summed E-state index contributed by atoms with van der Waals surface area (Å²) in [7, 11) is 0. The number of carbonyl (C=O) groups is 3. The fourth-order valence-electron chi connectivity index (χ4n) is 8.24. The highest BCUT2D eigenvalue weighted by Crippen LogP contribution is 2.44. The predicted molar refractivity (Wildman–Crippen MR) is 281 cm³/mol. The van der Waals surface area contributed by atoms with E-state index in [0.717, 1.165) is 16.7 Å². The Morgan fingerprint density at radius 3 is 1.48 bits per heavy atom. The van der Waals surface area contributed by atoms with Crippen molar-refractivity contribution in [2.24, 2.45) is 0 Å². The van der Waals surface area contributed by atoms with E-state index < -0.39 is 102 Å². The van der Waals surface area contributed by atoms with E-state index in [1.54, 1.807) is 136 Å². The van der Waals surface area contributed by atoms with Gasteiger partial charge in [-0.05, 0) is 98.1 Å². The molecule has 0 radical (unpaired) electrons. The Kier molecular flexibility index (Phi) is 20.1. The Morgan fingerprint density at radius 1 is 0.740 bits per heavy atom. The molecule has 3 amide bonds. The van der Waals surface area contributed by atoms with Crippen molar-refractivity contribution in [1.82, 2.24) is 25.4 Å². The standard InChI is InChI=1S/C20H26FN3O4.C20H23FN2O3.C14H14Cl2FN3O3/c1-19(2,3)27-18(25)24-14(11-21)17(26-20(24,4)5)13-8-6-12(7-9-13)15-10-16(22)23-28-15;1-19(2,3)26-18(24)23-16(13-21)17(25-20(23,4)5)15-10-8-14(9-11-15)7-6-12-22;15-13(16)14(22)19-9(6-17)12(21)8-3-1-7(2-4-8)10-5-11(18)20-23-10/h6-10,14,17H,11H2,1-5H3,(H2,22,23);8-11,16-17H,13H2,1-5H3;1-5,9,12-13,21H,6H2,(H2,18,20)(H,19,22)/t14-,17-;16-,17-;9-,12-/m111/s1. The summed E-state index contributed by atoms with van der Waals surface area (Å²) in [5.74, 6) is 5.79. The van der Waals surface area contributed by atoms with E-state index >= 15 is 0 Å². The number of nitrogens with one attached hydrogen (secondary N) is 1. The molecule has 2 aliphatic heterocycles. The highest BCUT2D eigenvalue weighted by molar-refractivity contribution is 6.53. The molecule has 6 atom stereocenters. The van der Waals surface area contributed by atoms with Crippen molar-refractivity contribution < 1.29 is 60.7 Å². The van der Waals surface area contributed by atoms with E-state index in [2.05, 4.69) is 27.5 Å². The molecule has 0 saturated carbocycles. The highest BCUT2D eigenvalue weighted by atomic mass is 35.5. The third-order valence-corrected chi connectivity index (χ3v) is 11.9. The zero-order valence-electron chi connectivity index (χ0n) is 44.1. The minimum atomic E-state index is -1.34. The maximum Gasteiger partial charge on any atom is 0.413 e. The number of anilines is 2. The molecule has 0 spiro atoms. The van der Waals surface area contributed by atoms with Crippen LogP contribution in [0.3, 0.4) is 0 Å². The molecule has 0 bridgehead atoms. The van der Waals surface area contributed by atoms with Gasteiger partial charge in [0.15, 0.2) is 34.1 Å². The number of rotatable bonds is 11. The summed E-state index contributed by atoms with van der Waals surface area (Å²) in [6.45, 7) is 15.0. The lowest BCUT2D eigenvalue weighted by atomic mass is 10.0. The van der Waals surface area contributed by atoms with Crippen molar-refractivity contribution in [3.63, 3.8) is 0 Å². The van der Waals surface area contributed by atoms with Crippen LogP contribution in [0, 0.1) is 23.2 Å². The van der Waals surface area contributed by atoms with Crippen LogP contribution in [0.1, 0.15) is 110 Å². The van der Waals surface area contributed by atoms with E-state index in [9.17, 15) is 32.7 Å². The summed E-state index contributed by atoms with van der Waals surface area (Å²) < 4.78 is 74.1. The number of nitrogens with zero attached hydrogens (tertiary/aromatic N) is 5. The number of hydrogen-bond acceptors (Lipinski definition) is 15. The van der Waals surface area contributed by atoms with Crippen LogP contribution in [0.2, 0.25) is 0 Å². The largest absolute Gasteiger partial charge is 0.444 e. The Bertz CT molecular complexity index is 2890. The summed E-state index contributed by atoms with van der Waals surface area (Å²) in [6, 6.07) is 22.9. The quantitative estimate of drug-likeness (QED) is 0.0709. The van der Waals surface area contributed by atoms with Gasteiger partial charge in [-0.3, -0.25) is 14.6 Å². The SMILES string of the molecule is CC(C)(C)OC(=O)N1[C@H](CF)[C@@H](c2ccc(-c3cc(N)no3)cc2)OC1(C)C.CC(C)(C)OC(=O)N1[C@H](CF)[C@@H](c2ccc(C#CC#N)cc2)OC1(C)C.Nc1cc(-c2ccc([C@@H](O)[C@@H](CF)NC(=O)C(Cl)Cl)cc2)on1. The lowest BCUT2D eigenvalue weighted by molar-refractivity contribution is -0.121. The van der Waals surface area contributed by atoms with Gasteiger partial charge in [0.25, 0.3) is 5.91 Å². The number of hydrogen-bond donors (Lipinski definition) is 4. The fourth-order valence-corrected chi connectivity index (χ4v) is 8.37. The average Bonchev–Trinajstić information content (AvgIpc) is 4.14. The van der Waals surface area contributed by atoms with Crippen LogP contribution in [-0.2, 0) is 23.7 Å². The fraction of sp³-hybridized carbons (Fsp3) is 0.444. The normalized spacial score (nSPS) is 19.3. The smallest absolute Gasteiger partial charge is 0.413 e. The van der Waals surface area contributed by atoms with Crippen molar-refractivity contribution in [1.29, 1.82) is 5.26 Å². The number of nitrogens with two attached hydrogens (primary N) is 2. The molecule has 4 heterocycles. The molecule has 2 aliphatic rings. The maximum absolute atomic E-state index is 14.0. The minimum Gasteiger partial charge on any atom is -0.444 e. The lowest BCUT2D eigenvalue weighted by Gasteiger charge is -2.34. The van der Waals surface area contributed by atoms with Gasteiger partial charge in [0.1, 0.15) is 61.0 Å². The van der Waals surface area contributed by atoms with Gasteiger partial charge in [-0.25, -0.2) is 22.8 Å². The third kappa shape index (κ3) is 16.0. The van der Waals surface area contributed by atoms with Gasteiger partial charge in [-0.1, -0.05) is 100 Å². The van der Waals surface area contributed by atoms with Crippen LogP contribution >= 0.6 is 23.2 Å². The first-order valence-electron chi connectivity index (χ1n) is 24.0. The lowest BCUT2D eigenvalue weighted by Crippen LogP contribution is -2.50. The monoisotopic (exact) mass is 1110 g/mol. The van der Waals surface area contributed by atoms with Gasteiger partial charge >= 0.3 is 12.2 Å². The number of benzene rings is 3. The number of nitrogen functional groups attached to an aromatic ring is 2. The Morgan fingerprint density at radius 2 is 1.14 bits per heavy atom. The maximum atomic E-state index is 14.0. The molecule has 2 aromatic heterocycles. The van der Waals surface area contributed by atoms with E-state index in [4.69, 9.17) is 67.9 Å². The van der Waals surface area contributed by atoms with E-state index in [0.29, 0.717) is 34.0 Å². The van der Waals surface area contributed by atoms with E-state index in [1.165, 1.54) is 9.80 Å². The Hall–Kier alpha value is -7.01. The Labute approximate surface area is 455 Å². The van der Waals surface area contributed by atoms with Crippen LogP contribution < -0.4 is 16.8 Å². The second-order valence-electron chi connectivity index (χ2n) is 20.6. The van der Waals surface area contributed by atoms with E-state index in [-0.39, 0.29) is 5.82 Å². The van der Waals surface area contributed by atoms with Crippen LogP contribution in [-0.4, -0.2) is 109 Å². The van der Waals surface area contributed by atoms with Crippen molar-refractivity contribution in [3.8, 4) is 40.6 Å². The summed E-state index contributed by atoms with van der Waals surface area (Å²) in [5, 5.41) is 28.2. The van der Waals surface area contributed by atoms with Crippen molar-refractivity contribution in [2.45, 2.75) is 133 Å². The molecule has 6 N–H and O–H groups in total. The molecule has 3 aromatic carbocycles. The first-order chi connectivity index (χ1) is 36.0. The Balaban J connectivity index is 0.000000214. The topological polar surface area (TPSA) is 255 Å². The van der Waals surface area contributed by atoms with Crippen LogP contribution in [0.25, 0.3) is 22.6 Å². The summed E-state index contributed by atoms with van der Waals surface area (Å²) in [4.78, 5) is 38.0. The van der Waals surface area contributed by atoms with Gasteiger partial charge in [0, 0.05) is 34.7 Å². The molecule has 5 aromatic rings. The highest BCUT2D eigenvalue weighted by Gasteiger charge is 2.53. The summed E-state index contributed by atoms with van der Waals surface area (Å²) in [6.07, 6.45) is -3.72. The number of ether oxygens (including phenoxy) is 4. The molecule has 0 unspecified atom stereocenters. The third-order valence-electron chi connectivity index (χ3n) is 11.5. The molecule has 7 rings (SSSR count). The van der Waals surface area contributed by atoms with Crippen LogP contribution in [0.15, 0.2) is 94.0 Å². The second kappa shape index (κ2) is 25.4. The van der Waals surface area contributed by atoms with Crippen LogP contribution in [0.5, 0.6) is 0 Å². The van der Waals surface area contributed by atoms with Crippen molar-refractivity contribution in [3.05, 3.63) is 107 Å². The average molecular weight is 1110 g/mol. The minimum absolute atomic E-state index is 0.251. The van der Waals surface area contributed by atoms with Crippen molar-refractivity contribution >= 4 is 52.9 Å². The van der Waals surface area contributed by atoms with Gasteiger partial charge in [0.05, 0.1) is 18.1 Å². The molecule has 2 fully saturated rings. The van der Waals surface area contributed by atoms with Crippen LogP contribution in [0.4, 0.5) is 34.4 Å². The molecular formula is C54H63Cl2F3N8O10. The molecule has 23 heteroatoms. The summed E-state index contributed by atoms with van der Waals surface area (Å²) in [5.41, 5.74) is 11.7. The van der Waals surface area contributed by atoms with Gasteiger partial charge in [0.2, 0.25) is 0 Å². The molecule has 414 valence electrons. The molecule has 0 aliphatic carbocycles. The number of alkyl halides is 5. The number of halogens is 5. The number of amides is 3. The van der Waals surface area contributed by atoms with E-state index in [1.807, 2.05) is 24.3 Å². The number of aliphatic hydroxyl groups excluding tert-OH is 1. The zero-order valence-corrected chi connectivity index (χ0v) is 45.7. The second-order valence-corrected chi connectivity index (χ2v) is 21.7. The van der Waals surface area contributed by atoms with Crippen molar-refractivity contribution in [2.75, 3.05) is 31.5 Å². The first kappa shape index (κ1) is 60.9. The molecule has 18 nitrogen and oxygen atoms in total. The summed E-state index contributed by atoms with van der Waals surface area (Å²) >= 11 is 10.8. The zero-order chi connectivity index (χ0) is 57.2. The first-order valence-corrected chi connectivity index (χ1v) is 24.9. The predicted octanol–water partition coefficient (Wildman–Crippen LogP) is 10.5. The van der Waals surface area contributed by atoms with Gasteiger partial charge in [-0.2, -0.15) is 5.26 Å². The number of aromatic nitrogens is 2.